The van der Waals surface area contributed by atoms with Crippen molar-refractivity contribution in [2.45, 2.75) is 64.8 Å². The smallest absolute Gasteiger partial charge is 0.399 e. The van der Waals surface area contributed by atoms with Crippen molar-refractivity contribution in [2.75, 3.05) is 2.43 Å². The lowest BCUT2D eigenvalue weighted by Crippen LogP contribution is -2.41. The predicted octanol–water partition coefficient (Wildman–Crippen LogP) is 18.5. The lowest BCUT2D eigenvalue weighted by molar-refractivity contribution is -0.138. The Morgan fingerprint density at radius 1 is 0.630 bits per heavy atom. The maximum atomic E-state index is 13.1. The van der Waals surface area contributed by atoms with Gasteiger partial charge in [0.05, 0.1) is 68.8 Å². The van der Waals surface area contributed by atoms with Crippen molar-refractivity contribution in [2.24, 2.45) is 0 Å². The number of H-pyrrole nitrogens is 1. The number of rotatable bonds is 5. The molecule has 0 aliphatic carbocycles. The van der Waals surface area contributed by atoms with Gasteiger partial charge in [-0.25, -0.2) is 15.0 Å². The summed E-state index contributed by atoms with van der Waals surface area (Å²) in [6.07, 6.45) is -6.24. The number of aromatic nitrogens is 7. The fourth-order valence-electron chi connectivity index (χ4n) is 7.07. The van der Waals surface area contributed by atoms with Crippen LogP contribution in [0.15, 0.2) is 109 Å². The first kappa shape index (κ1) is 70.4. The Hall–Kier alpha value is -3.13. The first-order valence-corrected chi connectivity index (χ1v) is 30.6. The third kappa shape index (κ3) is 18.0. The quantitative estimate of drug-likeness (QED) is 0.0772. The molecule has 0 unspecified atom stereocenters. The van der Waals surface area contributed by atoms with Crippen molar-refractivity contribution in [3.05, 3.63) is 157 Å². The molecular weight excluding hydrogens is 1780 g/mol. The van der Waals surface area contributed by atoms with E-state index >= 15 is 0 Å². The van der Waals surface area contributed by atoms with E-state index in [0.29, 0.717) is 32.4 Å². The van der Waals surface area contributed by atoms with Crippen molar-refractivity contribution in [3.63, 3.8) is 0 Å². The van der Waals surface area contributed by atoms with Crippen LogP contribution in [0.25, 0.3) is 39.5 Å². The van der Waals surface area contributed by atoms with Gasteiger partial charge in [-0.1, -0.05) is 155 Å². The van der Waals surface area contributed by atoms with Crippen molar-refractivity contribution < 1.29 is 48.8 Å². The maximum Gasteiger partial charge on any atom is 0.496 e. The molecule has 5 aromatic heterocycles. The third-order valence-corrected chi connectivity index (χ3v) is 12.8. The lowest BCUT2D eigenvalue weighted by Gasteiger charge is -2.32. The Balaban J connectivity index is 0.000000249. The largest absolute Gasteiger partial charge is 0.496 e. The topological polar surface area (TPSA) is 159 Å². The number of nitriles is 3. The van der Waals surface area contributed by atoms with Crippen LogP contribution in [0.3, 0.4) is 0 Å². The van der Waals surface area contributed by atoms with Gasteiger partial charge in [0.25, 0.3) is 0 Å². The molecule has 6 heterocycles. The second-order valence-corrected chi connectivity index (χ2v) is 34.5. The Bertz CT molecular complexity index is 3610. The van der Waals surface area contributed by atoms with Crippen LogP contribution in [0.2, 0.25) is 15.1 Å². The zero-order valence-electron chi connectivity index (χ0n) is 40.8. The lowest BCUT2D eigenvalue weighted by atomic mass is 9.81. The van der Waals surface area contributed by atoms with E-state index in [4.69, 9.17) is 49.4 Å². The second-order valence-electron chi connectivity index (χ2n) is 17.0. The van der Waals surface area contributed by atoms with Crippen LogP contribution in [-0.2, 0) is 27.8 Å². The highest BCUT2D eigenvalue weighted by Crippen LogP contribution is 2.39. The molecule has 0 saturated carbocycles. The number of imidazole rings is 1. The minimum Gasteiger partial charge on any atom is -0.399 e. The minimum absolute atomic E-state index is 0. The molecular formula is C50H37BBrCl3F9I5N10O2. The predicted molar refractivity (Wildman–Crippen MR) is 341 cm³/mol. The van der Waals surface area contributed by atoms with Gasteiger partial charge in [0, 0.05) is 34.1 Å². The number of nitrogens with one attached hydrogen (secondary N) is 1. The molecule has 1 aliphatic rings. The molecule has 9 rings (SSSR count). The summed E-state index contributed by atoms with van der Waals surface area (Å²) in [5.74, 6) is 0. The number of aromatic amines is 1. The number of fused-ring (bicyclic) bond motifs is 1. The van der Waals surface area contributed by atoms with E-state index < -0.39 is 53.5 Å². The number of halogens is 18. The summed E-state index contributed by atoms with van der Waals surface area (Å²) in [5, 5.41) is 28.1. The van der Waals surface area contributed by atoms with E-state index in [-0.39, 0.29) is 56.6 Å². The average molecular weight is 1810 g/mol. The SMILES string of the molecule is C.CC1(C)OB(c2cc(C#N)n(-c3cc(C(F)(F)F)ccc3Cl)c2)OC1(C)C.IC(I)I.ICI.N#Cc1cc(-c2ncnc3nc[nH]c23)cn1-c1cc(C(F)(F)F)ccc1Cl.N#Cc1cc(Br)cn1-c1cc(C(F)(F)F)ccc1Cl. The molecule has 0 spiro atoms. The van der Waals surface area contributed by atoms with Crippen LogP contribution in [-0.4, -0.2) is 54.3 Å². The van der Waals surface area contributed by atoms with Gasteiger partial charge in [-0.15, -0.1) is 0 Å². The van der Waals surface area contributed by atoms with Crippen molar-refractivity contribution in [1.82, 2.24) is 33.6 Å². The minimum atomic E-state index is -4.53. The van der Waals surface area contributed by atoms with Gasteiger partial charge in [0.2, 0.25) is 0 Å². The molecule has 0 atom stereocenters. The summed E-state index contributed by atoms with van der Waals surface area (Å²) < 4.78 is 135. The maximum absolute atomic E-state index is 13.1. The molecule has 12 nitrogen and oxygen atoms in total. The van der Waals surface area contributed by atoms with Gasteiger partial charge in [0.1, 0.15) is 52.8 Å². The van der Waals surface area contributed by atoms with E-state index in [9.17, 15) is 50.0 Å². The first-order valence-electron chi connectivity index (χ1n) is 21.9. The molecule has 0 amide bonds. The Labute approximate surface area is 550 Å². The summed E-state index contributed by atoms with van der Waals surface area (Å²) in [5.41, 5.74) is -0.568. The monoisotopic (exact) mass is 1810 g/mol. The normalized spacial score (nSPS) is 13.4. The van der Waals surface area contributed by atoms with Gasteiger partial charge >= 0.3 is 25.6 Å². The zero-order chi connectivity index (χ0) is 59.9. The molecule has 0 radical (unpaired) electrons. The molecule has 8 aromatic rings. The Morgan fingerprint density at radius 3 is 1.42 bits per heavy atom. The summed E-state index contributed by atoms with van der Waals surface area (Å²) in [6.45, 7) is 7.55. The number of alkyl halides is 14. The van der Waals surface area contributed by atoms with Gasteiger partial charge in [-0.05, 0) is 116 Å². The van der Waals surface area contributed by atoms with Crippen LogP contribution in [0, 0.1) is 34.0 Å². The Kier molecular flexibility index (Phi) is 25.5. The summed E-state index contributed by atoms with van der Waals surface area (Å²) in [4.78, 5) is 15.2. The average Bonchev–Trinajstić information content (AvgIpc) is 4.22. The molecule has 428 valence electrons. The third-order valence-electron chi connectivity index (χ3n) is 11.4. The van der Waals surface area contributed by atoms with Gasteiger partial charge < -0.3 is 28.0 Å². The standard InChI is InChI=1S/C18H17BClF3N2O2.C17H8ClF3N6.C12H5BrClF3N2.CHI3.CH2I2.CH4/c1-16(2)17(3,4)27-19(26-16)12-8-13(9-24)25(10-12)15-7-11(18(21,22)23)5-6-14(15)20;18-12-2-1-10(17(19,20)21)4-13(12)27-6-9(3-11(27)5-22)14-15-16(25-7-23-14)26-8-24-15;13-8-4-9(5-18)19(6-8)11-3-7(12(15,16)17)1-2-10(11)14;2-1(3)4;2-1-3;/h5-8,10H,1-4H3;1-4,6-8H,(H,23,24,25,26);1-4,6H;1H;1H2;1H4. The number of nitrogens with zero attached hydrogens (tertiary/aromatic N) is 9. The van der Waals surface area contributed by atoms with Gasteiger partial charge in [-0.2, -0.15) is 55.3 Å². The molecule has 0 bridgehead atoms. The summed E-state index contributed by atoms with van der Waals surface area (Å²) >= 11 is 32.8. The van der Waals surface area contributed by atoms with E-state index in [1.54, 1.807) is 0 Å². The zero-order valence-corrected chi connectivity index (χ0v) is 55.5. The first-order chi connectivity index (χ1) is 37.2. The molecule has 31 heteroatoms. The Morgan fingerprint density at radius 2 is 1.01 bits per heavy atom. The molecule has 81 heavy (non-hydrogen) atoms. The van der Waals surface area contributed by atoms with Gasteiger partial charge in [-0.3, -0.25) is 0 Å². The molecule has 1 aliphatic heterocycles. The van der Waals surface area contributed by atoms with Crippen LogP contribution in [0.4, 0.5) is 39.5 Å². The van der Waals surface area contributed by atoms with Crippen molar-refractivity contribution in [1.29, 1.82) is 15.8 Å². The highest BCUT2D eigenvalue weighted by atomic mass is 127. The molecule has 1 saturated heterocycles. The van der Waals surface area contributed by atoms with E-state index in [1.165, 1.54) is 65.6 Å². The van der Waals surface area contributed by atoms with Crippen LogP contribution >= 0.6 is 164 Å². The second kappa shape index (κ2) is 29.3. The highest BCUT2D eigenvalue weighted by molar-refractivity contribution is 14.3. The summed E-state index contributed by atoms with van der Waals surface area (Å²) in [7, 11) is -0.743. The van der Waals surface area contributed by atoms with Gasteiger partial charge in [0.15, 0.2) is 5.65 Å². The van der Waals surface area contributed by atoms with E-state index in [0.717, 1.165) is 54.5 Å². The summed E-state index contributed by atoms with van der Waals surface area (Å²) in [6, 6.07) is 19.3. The number of hydrogen-bond acceptors (Lipinski definition) is 8. The fourth-order valence-corrected chi connectivity index (χ4v) is 8.12. The van der Waals surface area contributed by atoms with E-state index in [1.807, 2.05) is 45.9 Å². The van der Waals surface area contributed by atoms with Crippen LogP contribution in [0.1, 0.15) is 68.9 Å². The van der Waals surface area contributed by atoms with Crippen molar-refractivity contribution in [3.8, 4) is 46.5 Å². The molecule has 1 N–H and O–H groups in total. The van der Waals surface area contributed by atoms with Crippen LogP contribution < -0.4 is 5.46 Å². The van der Waals surface area contributed by atoms with E-state index in [2.05, 4.69) is 149 Å². The van der Waals surface area contributed by atoms with Crippen molar-refractivity contribution >= 4 is 187 Å². The number of hydrogen-bond donors (Lipinski definition) is 1. The number of benzene rings is 3. The molecule has 1 fully saturated rings. The van der Waals surface area contributed by atoms with Crippen LogP contribution in [0.5, 0.6) is 0 Å². The highest BCUT2D eigenvalue weighted by Gasteiger charge is 2.52. The molecule has 3 aromatic carbocycles. The fraction of sp³-hybridized carbons (Fsp3) is 0.240.